The van der Waals surface area contributed by atoms with E-state index in [2.05, 4.69) is 39.7 Å². The summed E-state index contributed by atoms with van der Waals surface area (Å²) in [5.41, 5.74) is 5.14. The molecule has 1 N–H and O–H groups in total. The highest BCUT2D eigenvalue weighted by atomic mass is 32.1. The maximum Gasteiger partial charge on any atom is 0.170 e. The van der Waals surface area contributed by atoms with E-state index in [4.69, 9.17) is 16.6 Å². The van der Waals surface area contributed by atoms with Gasteiger partial charge in [-0.2, -0.15) is 0 Å². The first-order valence-corrected chi connectivity index (χ1v) is 10.9. The maximum atomic E-state index is 13.5. The number of pyridine rings is 1. The molecular formula is C25H23FN4OS. The van der Waals surface area contributed by atoms with Crippen LogP contribution in [0.5, 0.6) is 0 Å². The molecule has 1 saturated heterocycles. The Hall–Kier alpha value is -3.45. The van der Waals surface area contributed by atoms with Crippen molar-refractivity contribution in [3.63, 3.8) is 0 Å². The highest BCUT2D eigenvalue weighted by Gasteiger charge is 2.41. The average molecular weight is 447 g/mol. The predicted molar refractivity (Wildman–Crippen MR) is 125 cm³/mol. The minimum atomic E-state index is -0.249. The number of furan rings is 1. The summed E-state index contributed by atoms with van der Waals surface area (Å²) in [6.45, 7) is 4.70. The van der Waals surface area contributed by atoms with Crippen LogP contribution in [0.3, 0.4) is 0 Å². The standard InChI is InChI=1S/C25H23FN4OS/c1-16-14-21(17(2)30(16)19-10-8-18(26)9-11-19)24-23(22-7-3-4-12-27-22)28-25(32)29(24)15-20-6-5-13-31-20/h3-14,23-24H,15H2,1-2H3,(H,28,32)/t23-,24+/m1/s1. The number of hydrogen-bond acceptors (Lipinski definition) is 3. The summed E-state index contributed by atoms with van der Waals surface area (Å²) in [4.78, 5) is 6.77. The van der Waals surface area contributed by atoms with Gasteiger partial charge in [-0.1, -0.05) is 6.07 Å². The van der Waals surface area contributed by atoms with Crippen molar-refractivity contribution in [2.24, 2.45) is 0 Å². The van der Waals surface area contributed by atoms with Gasteiger partial charge in [0.1, 0.15) is 11.6 Å². The van der Waals surface area contributed by atoms with E-state index in [9.17, 15) is 4.39 Å². The molecule has 0 spiro atoms. The molecule has 0 radical (unpaired) electrons. The molecule has 1 aliphatic heterocycles. The number of aromatic nitrogens is 2. The van der Waals surface area contributed by atoms with Crippen molar-refractivity contribution < 1.29 is 8.81 Å². The molecule has 7 heteroatoms. The topological polar surface area (TPSA) is 46.2 Å². The first-order chi connectivity index (χ1) is 15.5. The maximum absolute atomic E-state index is 13.5. The second kappa shape index (κ2) is 8.24. The van der Waals surface area contributed by atoms with Crippen LogP contribution in [0, 0.1) is 19.7 Å². The molecule has 4 heterocycles. The lowest BCUT2D eigenvalue weighted by molar-refractivity contribution is 0.286. The number of benzene rings is 1. The molecule has 1 fully saturated rings. The van der Waals surface area contributed by atoms with Gasteiger partial charge in [-0.3, -0.25) is 4.98 Å². The van der Waals surface area contributed by atoms with Gasteiger partial charge in [-0.25, -0.2) is 4.39 Å². The van der Waals surface area contributed by atoms with E-state index in [1.165, 1.54) is 12.1 Å². The van der Waals surface area contributed by atoms with Gasteiger partial charge in [0.25, 0.3) is 0 Å². The quantitative estimate of drug-likeness (QED) is 0.416. The van der Waals surface area contributed by atoms with Crippen LogP contribution in [0.25, 0.3) is 5.69 Å². The number of aryl methyl sites for hydroxylation is 1. The van der Waals surface area contributed by atoms with Crippen LogP contribution < -0.4 is 5.32 Å². The van der Waals surface area contributed by atoms with Gasteiger partial charge in [0.2, 0.25) is 0 Å². The Morgan fingerprint density at radius 3 is 2.59 bits per heavy atom. The molecule has 5 nitrogen and oxygen atoms in total. The molecule has 4 aromatic rings. The zero-order valence-corrected chi connectivity index (χ0v) is 18.6. The molecule has 0 aliphatic carbocycles. The zero-order valence-electron chi connectivity index (χ0n) is 17.8. The summed E-state index contributed by atoms with van der Waals surface area (Å²) in [5, 5.41) is 4.14. The number of halogens is 1. The smallest absolute Gasteiger partial charge is 0.170 e. The molecular weight excluding hydrogens is 423 g/mol. The normalized spacial score (nSPS) is 18.2. The second-order valence-corrected chi connectivity index (χ2v) is 8.36. The molecule has 0 saturated carbocycles. The number of nitrogens with zero attached hydrogens (tertiary/aromatic N) is 3. The number of hydrogen-bond donors (Lipinski definition) is 1. The summed E-state index contributed by atoms with van der Waals surface area (Å²) in [6, 6.07) is 18.3. The third-order valence-corrected chi connectivity index (χ3v) is 6.33. The summed E-state index contributed by atoms with van der Waals surface area (Å²) in [7, 11) is 0. The lowest BCUT2D eigenvalue weighted by atomic mass is 9.96. The number of rotatable bonds is 5. The van der Waals surface area contributed by atoms with Crippen molar-refractivity contribution >= 4 is 17.3 Å². The molecule has 1 aliphatic rings. The largest absolute Gasteiger partial charge is 0.467 e. The first-order valence-electron chi connectivity index (χ1n) is 10.5. The van der Waals surface area contributed by atoms with Crippen LogP contribution in [0.15, 0.2) is 77.5 Å². The Labute approximate surface area is 191 Å². The molecule has 2 atom stereocenters. The molecule has 162 valence electrons. The summed E-state index contributed by atoms with van der Waals surface area (Å²) in [5.74, 6) is 0.592. The molecule has 32 heavy (non-hydrogen) atoms. The SMILES string of the molecule is Cc1cc([C@H]2[C@@H](c3ccccn3)NC(=S)N2Cc2ccco2)c(C)n1-c1ccc(F)cc1. The summed E-state index contributed by atoms with van der Waals surface area (Å²) in [6.07, 6.45) is 3.47. The van der Waals surface area contributed by atoms with E-state index >= 15 is 0 Å². The summed E-state index contributed by atoms with van der Waals surface area (Å²) >= 11 is 5.76. The Morgan fingerprint density at radius 2 is 1.91 bits per heavy atom. The van der Waals surface area contributed by atoms with Crippen LogP contribution in [0.4, 0.5) is 4.39 Å². The molecule has 1 aromatic carbocycles. The van der Waals surface area contributed by atoms with E-state index < -0.39 is 0 Å². The third kappa shape index (κ3) is 3.58. The Balaban J connectivity index is 1.62. The minimum absolute atomic E-state index is 0.0806. The van der Waals surface area contributed by atoms with Crippen molar-refractivity contribution in [1.29, 1.82) is 0 Å². The van der Waals surface area contributed by atoms with Crippen molar-refractivity contribution in [1.82, 2.24) is 19.8 Å². The van der Waals surface area contributed by atoms with Gasteiger partial charge in [0.05, 0.1) is 30.6 Å². The second-order valence-electron chi connectivity index (χ2n) is 7.97. The lowest BCUT2D eigenvalue weighted by Gasteiger charge is -2.27. The number of nitrogens with one attached hydrogen (secondary N) is 1. The Morgan fingerprint density at radius 1 is 1.09 bits per heavy atom. The number of thiocarbonyl (C=S) groups is 1. The molecule has 0 amide bonds. The van der Waals surface area contributed by atoms with Crippen LogP contribution >= 0.6 is 12.2 Å². The van der Waals surface area contributed by atoms with Gasteiger partial charge in [-0.15, -0.1) is 0 Å². The minimum Gasteiger partial charge on any atom is -0.467 e. The van der Waals surface area contributed by atoms with Crippen LogP contribution in [-0.2, 0) is 6.54 Å². The zero-order chi connectivity index (χ0) is 22.2. The van der Waals surface area contributed by atoms with Gasteiger partial charge in [0.15, 0.2) is 5.11 Å². The molecule has 0 unspecified atom stereocenters. The van der Waals surface area contributed by atoms with Crippen molar-refractivity contribution in [2.45, 2.75) is 32.5 Å². The molecule has 3 aromatic heterocycles. The molecule has 5 rings (SSSR count). The third-order valence-electron chi connectivity index (χ3n) is 5.98. The highest BCUT2D eigenvalue weighted by Crippen LogP contribution is 2.42. The predicted octanol–water partition coefficient (Wildman–Crippen LogP) is 5.39. The highest BCUT2D eigenvalue weighted by molar-refractivity contribution is 7.80. The van der Waals surface area contributed by atoms with Crippen molar-refractivity contribution in [3.05, 3.63) is 107 Å². The van der Waals surface area contributed by atoms with Gasteiger partial charge in [0, 0.05) is 23.3 Å². The fourth-order valence-electron chi connectivity index (χ4n) is 4.56. The van der Waals surface area contributed by atoms with Gasteiger partial charge >= 0.3 is 0 Å². The first kappa shape index (κ1) is 20.5. The lowest BCUT2D eigenvalue weighted by Crippen LogP contribution is -2.29. The van der Waals surface area contributed by atoms with Gasteiger partial charge in [-0.05, 0) is 86.2 Å². The van der Waals surface area contributed by atoms with E-state index in [1.54, 1.807) is 24.6 Å². The van der Waals surface area contributed by atoms with E-state index in [0.717, 1.165) is 34.1 Å². The fraction of sp³-hybridized carbons (Fsp3) is 0.200. The average Bonchev–Trinajstić information content (AvgIpc) is 3.49. The molecule has 0 bridgehead atoms. The fourth-order valence-corrected chi connectivity index (χ4v) is 4.86. The van der Waals surface area contributed by atoms with Gasteiger partial charge < -0.3 is 19.2 Å². The monoisotopic (exact) mass is 446 g/mol. The van der Waals surface area contributed by atoms with Crippen LogP contribution in [0.1, 0.15) is 40.5 Å². The Bertz CT molecular complexity index is 1240. The van der Waals surface area contributed by atoms with E-state index in [0.29, 0.717) is 11.7 Å². The summed E-state index contributed by atoms with van der Waals surface area (Å²) < 4.78 is 21.3. The van der Waals surface area contributed by atoms with Crippen molar-refractivity contribution in [3.8, 4) is 5.69 Å². The van der Waals surface area contributed by atoms with Crippen LogP contribution in [-0.4, -0.2) is 19.6 Å². The van der Waals surface area contributed by atoms with Crippen LogP contribution in [0.2, 0.25) is 0 Å². The van der Waals surface area contributed by atoms with Crippen molar-refractivity contribution in [2.75, 3.05) is 0 Å². The van der Waals surface area contributed by atoms with E-state index in [1.807, 2.05) is 30.3 Å². The van der Waals surface area contributed by atoms with E-state index in [-0.39, 0.29) is 17.9 Å². The Kier molecular flexibility index (Phi) is 5.27.